The summed E-state index contributed by atoms with van der Waals surface area (Å²) in [4.78, 5) is 36.0. The van der Waals surface area contributed by atoms with Crippen LogP contribution in [-0.4, -0.2) is 38.7 Å². The summed E-state index contributed by atoms with van der Waals surface area (Å²) in [6.45, 7) is 0.122. The van der Waals surface area contributed by atoms with Gasteiger partial charge in [-0.25, -0.2) is 9.59 Å². The third-order valence-corrected chi connectivity index (χ3v) is 3.98. The van der Waals surface area contributed by atoms with Crippen molar-refractivity contribution < 1.29 is 33.3 Å². The first-order valence-corrected chi connectivity index (χ1v) is 8.21. The van der Waals surface area contributed by atoms with Crippen LogP contribution in [0.5, 0.6) is 11.5 Å². The van der Waals surface area contributed by atoms with Crippen molar-refractivity contribution in [2.75, 3.05) is 26.3 Å². The molecule has 0 atom stereocenters. The minimum atomic E-state index is -0.589. The molecule has 28 heavy (non-hydrogen) atoms. The molecule has 0 saturated carbocycles. The van der Waals surface area contributed by atoms with Crippen LogP contribution in [0.25, 0.3) is 0 Å². The van der Waals surface area contributed by atoms with Gasteiger partial charge in [0.25, 0.3) is 0 Å². The highest BCUT2D eigenvalue weighted by atomic mass is 16.7. The molecule has 0 amide bonds. The standard InChI is InChI=1S/C20H17NO7/c1-25-19(23)13-3-5-14(20(24)26-2)15(9-13)21-8-7-16(22)12-4-6-17-18(10-12)28-11-27-17/h3-10,21H,11H2,1-2H3. The van der Waals surface area contributed by atoms with E-state index in [-0.39, 0.29) is 23.7 Å². The van der Waals surface area contributed by atoms with Gasteiger partial charge in [-0.05, 0) is 36.4 Å². The minimum absolute atomic E-state index is 0.122. The second-order valence-electron chi connectivity index (χ2n) is 5.65. The number of benzene rings is 2. The van der Waals surface area contributed by atoms with Crippen LogP contribution >= 0.6 is 0 Å². The van der Waals surface area contributed by atoms with E-state index in [0.717, 1.165) is 0 Å². The van der Waals surface area contributed by atoms with Crippen LogP contribution in [-0.2, 0) is 9.47 Å². The van der Waals surface area contributed by atoms with Crippen LogP contribution in [0.1, 0.15) is 31.1 Å². The fourth-order valence-corrected chi connectivity index (χ4v) is 2.55. The van der Waals surface area contributed by atoms with E-state index in [4.69, 9.17) is 14.2 Å². The molecular formula is C20H17NO7. The molecule has 1 heterocycles. The number of esters is 2. The second kappa shape index (κ2) is 8.26. The Kier molecular flexibility index (Phi) is 5.59. The number of rotatable bonds is 6. The van der Waals surface area contributed by atoms with Gasteiger partial charge < -0.3 is 24.3 Å². The van der Waals surface area contributed by atoms with Crippen molar-refractivity contribution in [1.82, 2.24) is 0 Å². The predicted molar refractivity (Wildman–Crippen MR) is 98.8 cm³/mol. The predicted octanol–water partition coefficient (Wildman–Crippen LogP) is 2.80. The third kappa shape index (κ3) is 3.96. The van der Waals surface area contributed by atoms with Gasteiger partial charge in [-0.3, -0.25) is 4.79 Å². The molecule has 8 heteroatoms. The summed E-state index contributed by atoms with van der Waals surface area (Å²) in [5, 5.41) is 2.83. The van der Waals surface area contributed by atoms with Crippen LogP contribution < -0.4 is 14.8 Å². The van der Waals surface area contributed by atoms with Gasteiger partial charge >= 0.3 is 11.9 Å². The Morgan fingerprint density at radius 3 is 2.39 bits per heavy atom. The van der Waals surface area contributed by atoms with E-state index in [9.17, 15) is 14.4 Å². The molecule has 0 spiro atoms. The normalized spacial score (nSPS) is 11.9. The number of carbonyl (C=O) groups is 3. The molecule has 0 aliphatic carbocycles. The molecule has 144 valence electrons. The summed E-state index contributed by atoms with van der Waals surface area (Å²) in [5.74, 6) is -0.337. The SMILES string of the molecule is COC(=O)c1ccc(C(=O)OC)c(NC=CC(=O)c2ccc3c(c2)OCO3)c1. The highest BCUT2D eigenvalue weighted by Gasteiger charge is 2.16. The van der Waals surface area contributed by atoms with Crippen molar-refractivity contribution in [3.05, 3.63) is 65.4 Å². The van der Waals surface area contributed by atoms with Crippen molar-refractivity contribution in [1.29, 1.82) is 0 Å². The monoisotopic (exact) mass is 383 g/mol. The van der Waals surface area contributed by atoms with Gasteiger partial charge in [-0.15, -0.1) is 0 Å². The average molecular weight is 383 g/mol. The van der Waals surface area contributed by atoms with Gasteiger partial charge in [0.1, 0.15) is 0 Å². The quantitative estimate of drug-likeness (QED) is 0.462. The molecule has 0 unspecified atom stereocenters. The van der Waals surface area contributed by atoms with Crippen molar-refractivity contribution in [2.45, 2.75) is 0 Å². The first kappa shape index (κ1) is 19.0. The van der Waals surface area contributed by atoms with Crippen LogP contribution in [0.4, 0.5) is 5.69 Å². The zero-order valence-corrected chi connectivity index (χ0v) is 15.2. The number of ketones is 1. The summed E-state index contributed by atoms with van der Waals surface area (Å²) in [5.41, 5.74) is 1.16. The Morgan fingerprint density at radius 2 is 1.64 bits per heavy atom. The summed E-state index contributed by atoms with van der Waals surface area (Å²) in [6.07, 6.45) is 2.67. The summed E-state index contributed by atoms with van der Waals surface area (Å²) in [7, 11) is 2.51. The molecule has 0 bridgehead atoms. The molecule has 3 rings (SSSR count). The molecule has 0 saturated heterocycles. The molecule has 0 aromatic heterocycles. The lowest BCUT2D eigenvalue weighted by molar-refractivity contribution is 0.0587. The smallest absolute Gasteiger partial charge is 0.339 e. The van der Waals surface area contributed by atoms with Crippen molar-refractivity contribution >= 4 is 23.4 Å². The van der Waals surface area contributed by atoms with Crippen molar-refractivity contribution in [3.8, 4) is 11.5 Å². The zero-order chi connectivity index (χ0) is 20.1. The Hall–Kier alpha value is -3.81. The van der Waals surface area contributed by atoms with Gasteiger partial charge in [0.05, 0.1) is 31.0 Å². The molecular weight excluding hydrogens is 366 g/mol. The largest absolute Gasteiger partial charge is 0.465 e. The van der Waals surface area contributed by atoms with Gasteiger partial charge in [0.2, 0.25) is 6.79 Å². The number of hydrogen-bond donors (Lipinski definition) is 1. The maximum absolute atomic E-state index is 12.3. The van der Waals surface area contributed by atoms with E-state index in [2.05, 4.69) is 10.1 Å². The maximum atomic E-state index is 12.3. The van der Waals surface area contributed by atoms with Crippen LogP contribution in [0.3, 0.4) is 0 Å². The van der Waals surface area contributed by atoms with Gasteiger partial charge in [0, 0.05) is 17.8 Å². The van der Waals surface area contributed by atoms with Gasteiger partial charge in [-0.2, -0.15) is 0 Å². The van der Waals surface area contributed by atoms with E-state index >= 15 is 0 Å². The van der Waals surface area contributed by atoms with E-state index < -0.39 is 11.9 Å². The minimum Gasteiger partial charge on any atom is -0.465 e. The molecule has 1 aliphatic heterocycles. The zero-order valence-electron chi connectivity index (χ0n) is 15.2. The van der Waals surface area contributed by atoms with Gasteiger partial charge in [-0.1, -0.05) is 0 Å². The second-order valence-corrected chi connectivity index (χ2v) is 5.65. The average Bonchev–Trinajstić information content (AvgIpc) is 3.20. The third-order valence-electron chi connectivity index (χ3n) is 3.98. The Balaban J connectivity index is 1.79. The van der Waals surface area contributed by atoms with E-state index in [0.29, 0.717) is 22.7 Å². The number of fused-ring (bicyclic) bond motifs is 1. The van der Waals surface area contributed by atoms with Crippen LogP contribution in [0.2, 0.25) is 0 Å². The molecule has 1 N–H and O–H groups in total. The number of carbonyl (C=O) groups excluding carboxylic acids is 3. The van der Waals surface area contributed by atoms with E-state index in [1.165, 1.54) is 44.7 Å². The number of allylic oxidation sites excluding steroid dienone is 1. The number of anilines is 1. The first-order chi connectivity index (χ1) is 13.5. The fourth-order valence-electron chi connectivity index (χ4n) is 2.55. The highest BCUT2D eigenvalue weighted by Crippen LogP contribution is 2.32. The molecule has 8 nitrogen and oxygen atoms in total. The fraction of sp³-hybridized carbons (Fsp3) is 0.150. The summed E-state index contributed by atoms with van der Waals surface area (Å²) >= 11 is 0. The molecule has 1 aliphatic rings. The number of nitrogens with one attached hydrogen (secondary N) is 1. The number of methoxy groups -OCH3 is 2. The number of ether oxygens (including phenoxy) is 4. The van der Waals surface area contributed by atoms with E-state index in [1.54, 1.807) is 18.2 Å². The topological polar surface area (TPSA) is 100 Å². The maximum Gasteiger partial charge on any atom is 0.339 e. The lowest BCUT2D eigenvalue weighted by Gasteiger charge is -2.09. The number of hydrogen-bond acceptors (Lipinski definition) is 8. The van der Waals surface area contributed by atoms with Crippen LogP contribution in [0, 0.1) is 0 Å². The molecule has 0 radical (unpaired) electrons. The summed E-state index contributed by atoms with van der Waals surface area (Å²) in [6, 6.07) is 9.20. The van der Waals surface area contributed by atoms with Crippen LogP contribution in [0.15, 0.2) is 48.7 Å². The first-order valence-electron chi connectivity index (χ1n) is 8.21. The van der Waals surface area contributed by atoms with Gasteiger partial charge in [0.15, 0.2) is 17.3 Å². The lowest BCUT2D eigenvalue weighted by Crippen LogP contribution is -2.08. The molecule has 2 aromatic carbocycles. The Morgan fingerprint density at radius 1 is 0.929 bits per heavy atom. The molecule has 0 fully saturated rings. The highest BCUT2D eigenvalue weighted by molar-refractivity contribution is 6.05. The Labute approximate surface area is 160 Å². The van der Waals surface area contributed by atoms with Crippen molar-refractivity contribution in [2.24, 2.45) is 0 Å². The Bertz CT molecular complexity index is 965. The van der Waals surface area contributed by atoms with Crippen molar-refractivity contribution in [3.63, 3.8) is 0 Å². The van der Waals surface area contributed by atoms with E-state index in [1.807, 2.05) is 0 Å². The molecule has 2 aromatic rings. The summed E-state index contributed by atoms with van der Waals surface area (Å²) < 4.78 is 19.9. The lowest BCUT2D eigenvalue weighted by atomic mass is 10.1.